The summed E-state index contributed by atoms with van der Waals surface area (Å²) in [6, 6.07) is 19.1. The van der Waals surface area contributed by atoms with Gasteiger partial charge >= 0.3 is 0 Å². The number of rotatable bonds is 7. The molecule has 0 saturated carbocycles. The molecule has 33 heavy (non-hydrogen) atoms. The van der Waals surface area contributed by atoms with Crippen molar-refractivity contribution < 1.29 is 17.9 Å². The zero-order valence-corrected chi connectivity index (χ0v) is 19.7. The Morgan fingerprint density at radius 3 is 2.61 bits per heavy atom. The molecule has 0 bridgehead atoms. The van der Waals surface area contributed by atoms with Crippen molar-refractivity contribution in [1.82, 2.24) is 5.32 Å². The second-order valence-corrected chi connectivity index (χ2v) is 10.2. The number of nitrogens with one attached hydrogen (secondary N) is 2. The van der Waals surface area contributed by atoms with Gasteiger partial charge in [0.1, 0.15) is 5.75 Å². The van der Waals surface area contributed by atoms with Gasteiger partial charge in [0.05, 0.1) is 10.9 Å². The summed E-state index contributed by atoms with van der Waals surface area (Å²) in [5.74, 6) is 0.247. The number of halogens is 1. The number of carbonyl (C=O) groups excluding carboxylic acids is 1. The first-order chi connectivity index (χ1) is 15.8. The molecule has 1 aliphatic carbocycles. The lowest BCUT2D eigenvalue weighted by atomic mass is 9.88. The van der Waals surface area contributed by atoms with Crippen molar-refractivity contribution in [1.29, 1.82) is 0 Å². The van der Waals surface area contributed by atoms with E-state index in [0.29, 0.717) is 22.0 Å². The third-order valence-corrected chi connectivity index (χ3v) is 7.25. The minimum absolute atomic E-state index is 0.0152. The van der Waals surface area contributed by atoms with E-state index >= 15 is 0 Å². The van der Waals surface area contributed by atoms with E-state index in [1.54, 1.807) is 37.3 Å². The molecular weight excluding hydrogens is 460 g/mol. The highest BCUT2D eigenvalue weighted by atomic mass is 35.5. The van der Waals surface area contributed by atoms with Crippen LogP contribution in [0.3, 0.4) is 0 Å². The van der Waals surface area contributed by atoms with Crippen LogP contribution < -0.4 is 14.8 Å². The molecule has 1 unspecified atom stereocenters. The minimum atomic E-state index is -3.77. The predicted octanol–water partition coefficient (Wildman–Crippen LogP) is 5.02. The number of anilines is 1. The Kier molecular flexibility index (Phi) is 6.91. The van der Waals surface area contributed by atoms with Gasteiger partial charge < -0.3 is 10.1 Å². The second-order valence-electron chi connectivity index (χ2n) is 8.04. The van der Waals surface area contributed by atoms with Gasteiger partial charge in [0.2, 0.25) is 0 Å². The number of ether oxygens (including phenoxy) is 1. The van der Waals surface area contributed by atoms with Crippen LogP contribution in [0, 0.1) is 6.92 Å². The van der Waals surface area contributed by atoms with Crippen molar-refractivity contribution in [3.63, 3.8) is 0 Å². The first kappa shape index (κ1) is 23.1. The lowest BCUT2D eigenvalue weighted by molar-refractivity contribution is -0.124. The number of fused-ring (bicyclic) bond motifs is 1. The number of hydrogen-bond donors (Lipinski definition) is 2. The molecule has 0 radical (unpaired) electrons. The van der Waals surface area contributed by atoms with E-state index in [9.17, 15) is 13.2 Å². The Labute approximate surface area is 199 Å². The zero-order valence-electron chi connectivity index (χ0n) is 18.2. The maximum absolute atomic E-state index is 12.7. The number of aryl methyl sites for hydroxylation is 2. The summed E-state index contributed by atoms with van der Waals surface area (Å²) in [7, 11) is -3.77. The van der Waals surface area contributed by atoms with Gasteiger partial charge in [0.15, 0.2) is 6.61 Å². The summed E-state index contributed by atoms with van der Waals surface area (Å²) in [6.07, 6.45) is 2.96. The van der Waals surface area contributed by atoms with Crippen molar-refractivity contribution in [2.45, 2.75) is 37.1 Å². The van der Waals surface area contributed by atoms with Gasteiger partial charge in [-0.05, 0) is 85.3 Å². The van der Waals surface area contributed by atoms with Crippen LogP contribution in [-0.2, 0) is 21.2 Å². The summed E-state index contributed by atoms with van der Waals surface area (Å²) >= 11 is 5.85. The smallest absolute Gasteiger partial charge is 0.261 e. The summed E-state index contributed by atoms with van der Waals surface area (Å²) in [6.45, 7) is 1.60. The average Bonchev–Trinajstić information content (AvgIpc) is 2.80. The van der Waals surface area contributed by atoms with Crippen LogP contribution in [0.25, 0.3) is 0 Å². The number of benzene rings is 3. The van der Waals surface area contributed by atoms with Crippen LogP contribution >= 0.6 is 11.6 Å². The van der Waals surface area contributed by atoms with Gasteiger partial charge in [-0.15, -0.1) is 0 Å². The summed E-state index contributed by atoms with van der Waals surface area (Å²) in [5.41, 5.74) is 3.47. The SMILES string of the molecule is Cc1cc(S(=O)(=O)Nc2ccc(Cl)cc2)ccc1OCC(=O)NC1CCCc2ccccc21. The van der Waals surface area contributed by atoms with Crippen LogP contribution in [0.15, 0.2) is 71.6 Å². The quantitative estimate of drug-likeness (QED) is 0.493. The summed E-state index contributed by atoms with van der Waals surface area (Å²) < 4.78 is 33.6. The maximum atomic E-state index is 12.7. The third-order valence-electron chi connectivity index (χ3n) is 5.62. The van der Waals surface area contributed by atoms with E-state index in [-0.39, 0.29) is 23.5 Å². The largest absolute Gasteiger partial charge is 0.484 e. The first-order valence-corrected chi connectivity index (χ1v) is 12.6. The first-order valence-electron chi connectivity index (χ1n) is 10.7. The van der Waals surface area contributed by atoms with Crippen LogP contribution in [0.5, 0.6) is 5.75 Å². The van der Waals surface area contributed by atoms with Crippen molar-refractivity contribution >= 4 is 33.2 Å². The fourth-order valence-electron chi connectivity index (χ4n) is 3.97. The lowest BCUT2D eigenvalue weighted by Crippen LogP contribution is -2.34. The molecule has 1 amide bonds. The predicted molar refractivity (Wildman–Crippen MR) is 129 cm³/mol. The van der Waals surface area contributed by atoms with Gasteiger partial charge in [-0.25, -0.2) is 8.42 Å². The van der Waals surface area contributed by atoms with Crippen molar-refractivity contribution in [3.8, 4) is 5.75 Å². The van der Waals surface area contributed by atoms with E-state index in [4.69, 9.17) is 16.3 Å². The van der Waals surface area contributed by atoms with Crippen LogP contribution in [-0.4, -0.2) is 20.9 Å². The Morgan fingerprint density at radius 2 is 1.85 bits per heavy atom. The third kappa shape index (κ3) is 5.67. The highest BCUT2D eigenvalue weighted by molar-refractivity contribution is 7.92. The zero-order chi connectivity index (χ0) is 23.4. The Balaban J connectivity index is 1.37. The second kappa shape index (κ2) is 9.85. The number of carbonyl (C=O) groups is 1. The van der Waals surface area contributed by atoms with Gasteiger partial charge in [-0.2, -0.15) is 0 Å². The lowest BCUT2D eigenvalue weighted by Gasteiger charge is -2.26. The fraction of sp³-hybridized carbons (Fsp3) is 0.240. The molecule has 3 aromatic carbocycles. The number of hydrogen-bond acceptors (Lipinski definition) is 4. The number of amides is 1. The van der Waals surface area contributed by atoms with E-state index in [0.717, 1.165) is 24.8 Å². The van der Waals surface area contributed by atoms with Gasteiger partial charge in [0.25, 0.3) is 15.9 Å². The Bertz CT molecular complexity index is 1260. The Hall–Kier alpha value is -3.03. The molecule has 0 saturated heterocycles. The highest BCUT2D eigenvalue weighted by Gasteiger charge is 2.22. The molecule has 0 aliphatic heterocycles. The molecule has 2 N–H and O–H groups in total. The van der Waals surface area contributed by atoms with E-state index < -0.39 is 10.0 Å². The summed E-state index contributed by atoms with van der Waals surface area (Å²) in [4.78, 5) is 12.6. The highest BCUT2D eigenvalue weighted by Crippen LogP contribution is 2.29. The van der Waals surface area contributed by atoms with E-state index in [1.807, 2.05) is 12.1 Å². The summed E-state index contributed by atoms with van der Waals surface area (Å²) in [5, 5.41) is 3.57. The maximum Gasteiger partial charge on any atom is 0.261 e. The molecule has 0 spiro atoms. The van der Waals surface area contributed by atoms with Crippen molar-refractivity contribution in [2.24, 2.45) is 0 Å². The standard InChI is InChI=1S/C25H25ClN2O4S/c1-17-15-21(33(30,31)28-20-11-9-19(26)10-12-20)13-14-24(17)32-16-25(29)27-23-8-4-6-18-5-2-3-7-22(18)23/h2-3,5,7,9-15,23,28H,4,6,8,16H2,1H3,(H,27,29). The van der Waals surface area contributed by atoms with Crippen molar-refractivity contribution in [2.75, 3.05) is 11.3 Å². The monoisotopic (exact) mass is 484 g/mol. The van der Waals surface area contributed by atoms with Crippen molar-refractivity contribution in [3.05, 3.63) is 88.4 Å². The van der Waals surface area contributed by atoms with Crippen LogP contribution in [0.1, 0.15) is 35.6 Å². The fourth-order valence-corrected chi connectivity index (χ4v) is 5.24. The molecule has 1 aliphatic rings. The average molecular weight is 485 g/mol. The molecule has 8 heteroatoms. The van der Waals surface area contributed by atoms with Gasteiger partial charge in [-0.3, -0.25) is 9.52 Å². The van der Waals surface area contributed by atoms with E-state index in [1.165, 1.54) is 17.7 Å². The minimum Gasteiger partial charge on any atom is -0.484 e. The molecule has 1 atom stereocenters. The van der Waals surface area contributed by atoms with Gasteiger partial charge in [0, 0.05) is 10.7 Å². The molecule has 0 fully saturated rings. The molecule has 6 nitrogen and oxygen atoms in total. The topological polar surface area (TPSA) is 84.5 Å². The molecule has 0 aromatic heterocycles. The van der Waals surface area contributed by atoms with E-state index in [2.05, 4.69) is 22.2 Å². The van der Waals surface area contributed by atoms with Crippen LogP contribution in [0.4, 0.5) is 5.69 Å². The molecular formula is C25H25ClN2O4S. The Morgan fingerprint density at radius 1 is 1.09 bits per heavy atom. The molecule has 3 aromatic rings. The van der Waals surface area contributed by atoms with Crippen LogP contribution in [0.2, 0.25) is 5.02 Å². The van der Waals surface area contributed by atoms with Gasteiger partial charge in [-0.1, -0.05) is 35.9 Å². The number of sulfonamides is 1. The molecule has 4 rings (SSSR count). The molecule has 172 valence electrons. The normalized spacial score (nSPS) is 15.4. The molecule has 0 heterocycles.